The average molecular weight is 285 g/mol. The highest BCUT2D eigenvalue weighted by molar-refractivity contribution is 7.89. The molecular weight excluding hydrogens is 266 g/mol. The Balaban J connectivity index is 2.15. The van der Waals surface area contributed by atoms with Gasteiger partial charge >= 0.3 is 0 Å². The number of hydrogen-bond acceptors (Lipinski definition) is 4. The topological polar surface area (TPSA) is 75.6 Å². The quantitative estimate of drug-likeness (QED) is 0.819. The van der Waals surface area contributed by atoms with Gasteiger partial charge in [-0.25, -0.2) is 13.1 Å². The third-order valence-electron chi connectivity index (χ3n) is 3.60. The number of aliphatic hydroxyl groups is 1. The van der Waals surface area contributed by atoms with Crippen LogP contribution in [0.1, 0.15) is 18.4 Å². The number of methoxy groups -OCH3 is 1. The predicted octanol–water partition coefficient (Wildman–Crippen LogP) is 1.05. The van der Waals surface area contributed by atoms with Gasteiger partial charge in [0.05, 0.1) is 12.0 Å². The van der Waals surface area contributed by atoms with Crippen LogP contribution < -0.4 is 9.46 Å². The third kappa shape index (κ3) is 3.08. The van der Waals surface area contributed by atoms with Gasteiger partial charge in [0.15, 0.2) is 0 Å². The summed E-state index contributed by atoms with van der Waals surface area (Å²) in [6.07, 6.45) is 1.74. The molecule has 19 heavy (non-hydrogen) atoms. The van der Waals surface area contributed by atoms with E-state index >= 15 is 0 Å². The first-order valence-electron chi connectivity index (χ1n) is 6.18. The molecule has 0 aromatic heterocycles. The molecule has 5 nitrogen and oxygen atoms in total. The van der Waals surface area contributed by atoms with E-state index in [1.54, 1.807) is 26.2 Å². The molecule has 0 saturated heterocycles. The summed E-state index contributed by atoms with van der Waals surface area (Å²) in [5.74, 6) is 0.630. The van der Waals surface area contributed by atoms with Crippen LogP contribution in [0.25, 0.3) is 0 Å². The van der Waals surface area contributed by atoms with Crippen molar-refractivity contribution in [2.45, 2.75) is 24.7 Å². The summed E-state index contributed by atoms with van der Waals surface area (Å²) < 4.78 is 32.1. The molecule has 2 rings (SSSR count). The highest BCUT2D eigenvalue weighted by Crippen LogP contribution is 2.44. The van der Waals surface area contributed by atoms with Crippen LogP contribution in [-0.2, 0) is 10.0 Å². The molecule has 2 N–H and O–H groups in total. The number of ether oxygens (including phenoxy) is 1. The van der Waals surface area contributed by atoms with Crippen LogP contribution in [0.15, 0.2) is 23.1 Å². The van der Waals surface area contributed by atoms with Crippen molar-refractivity contribution in [2.75, 3.05) is 20.3 Å². The van der Waals surface area contributed by atoms with Gasteiger partial charge < -0.3 is 9.84 Å². The minimum Gasteiger partial charge on any atom is -0.497 e. The smallest absolute Gasteiger partial charge is 0.240 e. The number of benzene rings is 1. The first-order chi connectivity index (χ1) is 8.92. The maximum Gasteiger partial charge on any atom is 0.240 e. The van der Waals surface area contributed by atoms with Crippen LogP contribution in [0, 0.1) is 12.3 Å². The molecule has 0 amide bonds. The summed E-state index contributed by atoms with van der Waals surface area (Å²) in [6.45, 7) is 2.05. The molecule has 0 aliphatic heterocycles. The molecule has 0 bridgehead atoms. The van der Waals surface area contributed by atoms with Crippen molar-refractivity contribution < 1.29 is 18.3 Å². The zero-order chi connectivity index (χ0) is 14.1. The summed E-state index contributed by atoms with van der Waals surface area (Å²) in [4.78, 5) is 0.252. The van der Waals surface area contributed by atoms with E-state index in [4.69, 9.17) is 4.74 Å². The monoisotopic (exact) mass is 285 g/mol. The molecule has 1 aliphatic carbocycles. The lowest BCUT2D eigenvalue weighted by atomic mass is 10.1. The van der Waals surface area contributed by atoms with Gasteiger partial charge in [-0.15, -0.1) is 0 Å². The van der Waals surface area contributed by atoms with E-state index in [0.29, 0.717) is 11.3 Å². The Kier molecular flexibility index (Phi) is 3.85. The second kappa shape index (κ2) is 5.11. The van der Waals surface area contributed by atoms with Gasteiger partial charge in [0.2, 0.25) is 10.0 Å². The van der Waals surface area contributed by atoms with E-state index in [0.717, 1.165) is 12.8 Å². The summed E-state index contributed by atoms with van der Waals surface area (Å²) in [6, 6.07) is 4.85. The van der Waals surface area contributed by atoms with E-state index in [2.05, 4.69) is 4.72 Å². The molecule has 0 spiro atoms. The lowest BCUT2D eigenvalue weighted by molar-refractivity contribution is 0.213. The molecule has 0 unspecified atom stereocenters. The van der Waals surface area contributed by atoms with Crippen molar-refractivity contribution in [3.8, 4) is 5.75 Å². The van der Waals surface area contributed by atoms with Crippen LogP contribution >= 0.6 is 0 Å². The van der Waals surface area contributed by atoms with Gasteiger partial charge in [-0.3, -0.25) is 0 Å². The van der Waals surface area contributed by atoms with Crippen LogP contribution in [0.2, 0.25) is 0 Å². The van der Waals surface area contributed by atoms with Gasteiger partial charge in [-0.1, -0.05) is 0 Å². The Hall–Kier alpha value is -1.11. The minimum atomic E-state index is -3.54. The fourth-order valence-electron chi connectivity index (χ4n) is 1.94. The largest absolute Gasteiger partial charge is 0.497 e. The van der Waals surface area contributed by atoms with Gasteiger partial charge in [0.25, 0.3) is 0 Å². The van der Waals surface area contributed by atoms with Crippen molar-refractivity contribution in [1.29, 1.82) is 0 Å². The van der Waals surface area contributed by atoms with Crippen molar-refractivity contribution in [3.05, 3.63) is 23.8 Å². The van der Waals surface area contributed by atoms with E-state index in [1.807, 2.05) is 0 Å². The van der Waals surface area contributed by atoms with Crippen molar-refractivity contribution in [1.82, 2.24) is 4.72 Å². The molecule has 1 aromatic rings. The van der Waals surface area contributed by atoms with Crippen LogP contribution in [0.4, 0.5) is 0 Å². The summed E-state index contributed by atoms with van der Waals surface area (Å²) in [5.41, 5.74) is 0.397. The van der Waals surface area contributed by atoms with Gasteiger partial charge in [-0.05, 0) is 43.5 Å². The zero-order valence-corrected chi connectivity index (χ0v) is 12.0. The summed E-state index contributed by atoms with van der Waals surface area (Å²) in [5, 5.41) is 9.20. The molecular formula is C13H19NO4S. The molecule has 0 radical (unpaired) electrons. The predicted molar refractivity (Wildman–Crippen MR) is 71.7 cm³/mol. The number of aliphatic hydroxyl groups excluding tert-OH is 1. The fourth-order valence-corrected chi connectivity index (χ4v) is 3.33. The maximum atomic E-state index is 12.2. The Morgan fingerprint density at radius 1 is 1.42 bits per heavy atom. The number of aryl methyl sites for hydroxylation is 1. The Bertz CT molecular complexity index is 564. The van der Waals surface area contributed by atoms with E-state index in [9.17, 15) is 13.5 Å². The van der Waals surface area contributed by atoms with E-state index in [1.165, 1.54) is 6.07 Å². The number of hydrogen-bond donors (Lipinski definition) is 2. The normalized spacial score (nSPS) is 17.2. The first kappa shape index (κ1) is 14.3. The average Bonchev–Trinajstić information content (AvgIpc) is 3.17. The Labute approximate surface area is 113 Å². The number of sulfonamides is 1. The summed E-state index contributed by atoms with van der Waals surface area (Å²) >= 11 is 0. The lowest BCUT2D eigenvalue weighted by Gasteiger charge is -2.14. The minimum absolute atomic E-state index is 0.0249. The van der Waals surface area contributed by atoms with Crippen LogP contribution in [-0.4, -0.2) is 33.8 Å². The Morgan fingerprint density at radius 3 is 2.58 bits per heavy atom. The second-order valence-corrected chi connectivity index (χ2v) is 6.85. The molecule has 1 aliphatic rings. The SMILES string of the molecule is COc1ccc(S(=O)(=O)NCC2(CO)CC2)c(C)c1. The number of rotatable bonds is 6. The molecule has 106 valence electrons. The van der Waals surface area contributed by atoms with Crippen LogP contribution in [0.5, 0.6) is 5.75 Å². The highest BCUT2D eigenvalue weighted by atomic mass is 32.2. The van der Waals surface area contributed by atoms with Gasteiger partial charge in [0.1, 0.15) is 5.75 Å². The third-order valence-corrected chi connectivity index (χ3v) is 5.16. The lowest BCUT2D eigenvalue weighted by Crippen LogP contribution is -2.32. The van der Waals surface area contributed by atoms with Crippen molar-refractivity contribution in [2.24, 2.45) is 5.41 Å². The maximum absolute atomic E-state index is 12.2. The molecule has 0 atom stereocenters. The molecule has 6 heteroatoms. The van der Waals surface area contributed by atoms with Gasteiger partial charge in [-0.2, -0.15) is 0 Å². The highest BCUT2D eigenvalue weighted by Gasteiger charge is 2.42. The summed E-state index contributed by atoms with van der Waals surface area (Å²) in [7, 11) is -1.99. The molecule has 1 aromatic carbocycles. The van der Waals surface area contributed by atoms with E-state index < -0.39 is 10.0 Å². The molecule has 1 fully saturated rings. The van der Waals surface area contributed by atoms with Crippen molar-refractivity contribution >= 4 is 10.0 Å². The van der Waals surface area contributed by atoms with Crippen molar-refractivity contribution in [3.63, 3.8) is 0 Å². The van der Waals surface area contributed by atoms with Gasteiger partial charge in [0, 0.05) is 18.6 Å². The fraction of sp³-hybridized carbons (Fsp3) is 0.538. The zero-order valence-electron chi connectivity index (χ0n) is 11.1. The van der Waals surface area contributed by atoms with E-state index in [-0.39, 0.29) is 23.5 Å². The number of nitrogens with one attached hydrogen (secondary N) is 1. The standard InChI is InChI=1S/C13H19NO4S/c1-10-7-11(18-2)3-4-12(10)19(16,17)14-8-13(9-15)5-6-13/h3-4,7,14-15H,5-6,8-9H2,1-2H3. The van der Waals surface area contributed by atoms with Crippen LogP contribution in [0.3, 0.4) is 0 Å². The Morgan fingerprint density at radius 2 is 2.11 bits per heavy atom. The molecule has 0 heterocycles. The first-order valence-corrected chi connectivity index (χ1v) is 7.66. The second-order valence-electron chi connectivity index (χ2n) is 5.11. The molecule has 1 saturated carbocycles.